The summed E-state index contributed by atoms with van der Waals surface area (Å²) < 4.78 is 0. The van der Waals surface area contributed by atoms with E-state index in [0.29, 0.717) is 5.41 Å². The second kappa shape index (κ2) is 1.49. The number of hydrogen-bond acceptors (Lipinski definition) is 0. The summed E-state index contributed by atoms with van der Waals surface area (Å²) >= 11 is 6.07. The van der Waals surface area contributed by atoms with Crippen molar-refractivity contribution in [2.75, 3.05) is 0 Å². The van der Waals surface area contributed by atoms with Gasteiger partial charge in [0.1, 0.15) is 0 Å². The summed E-state index contributed by atoms with van der Waals surface area (Å²) in [4.78, 5) is 0. The maximum atomic E-state index is 6.07. The molecule has 3 rings (SSSR count). The fourth-order valence-corrected chi connectivity index (χ4v) is 2.54. The van der Waals surface area contributed by atoms with Gasteiger partial charge in [0.05, 0.1) is 0 Å². The van der Waals surface area contributed by atoms with Crippen molar-refractivity contribution in [2.24, 2.45) is 11.3 Å². The molecule has 1 spiro atoms. The van der Waals surface area contributed by atoms with Gasteiger partial charge in [-0.25, -0.2) is 0 Å². The molecule has 0 aromatic heterocycles. The van der Waals surface area contributed by atoms with E-state index in [1.165, 1.54) is 12.0 Å². The highest BCUT2D eigenvalue weighted by Gasteiger charge is 2.75. The Morgan fingerprint density at radius 1 is 1.64 bits per heavy atom. The van der Waals surface area contributed by atoms with Crippen molar-refractivity contribution < 1.29 is 0 Å². The molecule has 56 valence electrons. The van der Waals surface area contributed by atoms with E-state index in [2.05, 4.69) is 19.1 Å². The van der Waals surface area contributed by atoms with Crippen LogP contribution in [-0.4, -0.2) is 0 Å². The molecule has 1 heteroatoms. The molecular formula is C10H9Cl. The largest absolute Gasteiger partial charge is 0.0844 e. The van der Waals surface area contributed by atoms with Crippen LogP contribution in [0.3, 0.4) is 0 Å². The van der Waals surface area contributed by atoms with Gasteiger partial charge in [-0.05, 0) is 30.9 Å². The molecule has 0 N–H and O–H groups in total. The van der Waals surface area contributed by atoms with Crippen LogP contribution in [0.25, 0.3) is 0 Å². The van der Waals surface area contributed by atoms with Gasteiger partial charge in [-0.1, -0.05) is 29.3 Å². The summed E-state index contributed by atoms with van der Waals surface area (Å²) in [5.41, 5.74) is 3.48. The van der Waals surface area contributed by atoms with E-state index >= 15 is 0 Å². The van der Waals surface area contributed by atoms with E-state index < -0.39 is 0 Å². The van der Waals surface area contributed by atoms with Crippen LogP contribution in [0.15, 0.2) is 34.4 Å². The van der Waals surface area contributed by atoms with Crippen LogP contribution in [0.4, 0.5) is 0 Å². The zero-order valence-electron chi connectivity index (χ0n) is 6.39. The molecule has 2 atom stereocenters. The van der Waals surface area contributed by atoms with Crippen LogP contribution in [0, 0.1) is 11.3 Å². The van der Waals surface area contributed by atoms with E-state index in [1.54, 1.807) is 5.57 Å². The molecule has 0 nitrogen and oxygen atoms in total. The molecule has 0 bridgehead atoms. The molecule has 0 aromatic carbocycles. The maximum absolute atomic E-state index is 6.07. The quantitative estimate of drug-likeness (QED) is 0.517. The van der Waals surface area contributed by atoms with Gasteiger partial charge in [-0.2, -0.15) is 0 Å². The molecule has 2 unspecified atom stereocenters. The van der Waals surface area contributed by atoms with Gasteiger partial charge < -0.3 is 0 Å². The first-order valence-electron chi connectivity index (χ1n) is 4.02. The molecule has 2 saturated carbocycles. The highest BCUT2D eigenvalue weighted by Crippen LogP contribution is 2.83. The van der Waals surface area contributed by atoms with Crippen LogP contribution >= 0.6 is 11.6 Å². The summed E-state index contributed by atoms with van der Waals surface area (Å²) in [5, 5.41) is 0.955. The zero-order chi connectivity index (χ0) is 7.64. The van der Waals surface area contributed by atoms with Gasteiger partial charge >= 0.3 is 0 Å². The molecule has 11 heavy (non-hydrogen) atoms. The average Bonchev–Trinajstić information content (AvgIpc) is 2.80. The Morgan fingerprint density at radius 2 is 2.45 bits per heavy atom. The lowest BCUT2D eigenvalue weighted by Gasteiger charge is -2.04. The van der Waals surface area contributed by atoms with Gasteiger partial charge in [0, 0.05) is 10.4 Å². The lowest BCUT2D eigenvalue weighted by Crippen LogP contribution is -1.91. The average molecular weight is 165 g/mol. The molecule has 0 radical (unpaired) electrons. The lowest BCUT2D eigenvalue weighted by atomic mass is 10.0. The van der Waals surface area contributed by atoms with Crippen molar-refractivity contribution in [1.82, 2.24) is 0 Å². The number of hydrogen-bond donors (Lipinski definition) is 0. The molecule has 2 fully saturated rings. The lowest BCUT2D eigenvalue weighted by molar-refractivity contribution is 0.862. The van der Waals surface area contributed by atoms with Crippen molar-refractivity contribution >= 4 is 11.6 Å². The summed E-state index contributed by atoms with van der Waals surface area (Å²) in [6, 6.07) is 0. The second-order valence-corrected chi connectivity index (χ2v) is 4.09. The number of allylic oxidation sites excluding steroid dienone is 6. The van der Waals surface area contributed by atoms with E-state index in [0.717, 1.165) is 11.0 Å². The Kier molecular flexibility index (Phi) is 0.822. The highest BCUT2D eigenvalue weighted by molar-refractivity contribution is 6.31. The zero-order valence-corrected chi connectivity index (χ0v) is 7.15. The number of fused-ring (bicyclic) bond motifs is 1. The van der Waals surface area contributed by atoms with Gasteiger partial charge in [-0.15, -0.1) is 0 Å². The number of halogens is 1. The fourth-order valence-electron chi connectivity index (χ4n) is 2.30. The third-order valence-electron chi connectivity index (χ3n) is 3.31. The van der Waals surface area contributed by atoms with Crippen LogP contribution in [0.5, 0.6) is 0 Å². The van der Waals surface area contributed by atoms with Gasteiger partial charge in [0.25, 0.3) is 0 Å². The highest BCUT2D eigenvalue weighted by atomic mass is 35.5. The van der Waals surface area contributed by atoms with Crippen LogP contribution in [0.2, 0.25) is 0 Å². The predicted octanol–water partition coefficient (Wildman–Crippen LogP) is 3.02. The molecule has 3 aliphatic carbocycles. The third kappa shape index (κ3) is 0.507. The normalized spacial score (nSPS) is 44.2. The summed E-state index contributed by atoms with van der Waals surface area (Å²) in [6.45, 7) is 2.17. The summed E-state index contributed by atoms with van der Waals surface area (Å²) in [7, 11) is 0. The fraction of sp³-hybridized carbons (Fsp3) is 0.400. The van der Waals surface area contributed by atoms with E-state index in [1.807, 2.05) is 6.08 Å². The first-order valence-corrected chi connectivity index (χ1v) is 4.40. The minimum atomic E-state index is 0.473. The topological polar surface area (TPSA) is 0 Å². The van der Waals surface area contributed by atoms with Crippen LogP contribution < -0.4 is 0 Å². The van der Waals surface area contributed by atoms with Crippen LogP contribution in [0.1, 0.15) is 13.3 Å². The third-order valence-corrected chi connectivity index (χ3v) is 3.72. The first-order chi connectivity index (χ1) is 5.27. The van der Waals surface area contributed by atoms with Gasteiger partial charge in [0.15, 0.2) is 0 Å². The van der Waals surface area contributed by atoms with E-state index in [-0.39, 0.29) is 0 Å². The van der Waals surface area contributed by atoms with Crippen molar-refractivity contribution in [2.45, 2.75) is 13.3 Å². The van der Waals surface area contributed by atoms with Crippen molar-refractivity contribution in [3.8, 4) is 0 Å². The Labute approximate surface area is 71.2 Å². The minimum absolute atomic E-state index is 0.473. The Morgan fingerprint density at radius 3 is 3.18 bits per heavy atom. The molecule has 0 amide bonds. The van der Waals surface area contributed by atoms with Crippen molar-refractivity contribution in [3.63, 3.8) is 0 Å². The first kappa shape index (κ1) is 6.07. The molecule has 0 saturated heterocycles. The Hall–Kier alpha value is -0.490. The van der Waals surface area contributed by atoms with E-state index in [4.69, 9.17) is 11.6 Å². The molecule has 0 aromatic rings. The monoisotopic (exact) mass is 164 g/mol. The molecular weight excluding hydrogens is 156 g/mol. The van der Waals surface area contributed by atoms with Gasteiger partial charge in [-0.3, -0.25) is 0 Å². The van der Waals surface area contributed by atoms with Crippen molar-refractivity contribution in [3.05, 3.63) is 34.4 Å². The minimum Gasteiger partial charge on any atom is -0.0844 e. The molecule has 0 aliphatic heterocycles. The summed E-state index contributed by atoms with van der Waals surface area (Å²) in [6.07, 6.45) is 7.65. The Bertz CT molecular complexity index is 333. The van der Waals surface area contributed by atoms with Gasteiger partial charge in [0.2, 0.25) is 0 Å². The van der Waals surface area contributed by atoms with E-state index in [9.17, 15) is 0 Å². The smallest absolute Gasteiger partial charge is 0.0404 e. The molecule has 3 aliphatic rings. The maximum Gasteiger partial charge on any atom is 0.0404 e. The van der Waals surface area contributed by atoms with Crippen molar-refractivity contribution in [1.29, 1.82) is 0 Å². The molecule has 0 heterocycles. The standard InChI is InChI=1S/C10H9Cl/c1-6-9(11)4-2-3-7-8-5-10(6,7)8/h2-4,8H,5H2,1H3. The SMILES string of the molecule is CC1=C(Cl)C=CC=C2C3CC213. The second-order valence-electron chi connectivity index (χ2n) is 3.68. The Balaban J connectivity index is 2.20. The predicted molar refractivity (Wildman–Crippen MR) is 46.3 cm³/mol. The van der Waals surface area contributed by atoms with Crippen LogP contribution in [-0.2, 0) is 0 Å². The number of rotatable bonds is 0. The summed E-state index contributed by atoms with van der Waals surface area (Å²) in [5.74, 6) is 0.876.